The van der Waals surface area contributed by atoms with E-state index in [0.717, 1.165) is 29.7 Å². The van der Waals surface area contributed by atoms with Gasteiger partial charge in [0.2, 0.25) is 17.8 Å². The number of aromatic nitrogens is 4. The van der Waals surface area contributed by atoms with Crippen LogP contribution in [0.3, 0.4) is 0 Å². The molecule has 0 radical (unpaired) electrons. The van der Waals surface area contributed by atoms with Gasteiger partial charge < -0.3 is 40.6 Å². The van der Waals surface area contributed by atoms with Crippen LogP contribution in [0.4, 0.5) is 34.6 Å². The molecule has 2 heterocycles. The van der Waals surface area contributed by atoms with E-state index in [1.54, 1.807) is 27.0 Å². The standard InChI is InChI=1S/C29H37N9O3/c1-8-26(39)33-22-15-23(25(41-7)16-24(22)38(6)12-11-37(4)5)35-28-32-17-31-27(36-28)34-21-13-18-9-10-30-20(18)14-19(21)29(2,3)40/h8-10,13-17,30,40H,1,11-12H2,2-7H3,(H,33,39)(H2,31,32,34,35,36). The molecular weight excluding hydrogens is 522 g/mol. The SMILES string of the molecule is C=CC(=O)Nc1cc(Nc2ncnc(Nc3cc4cc[nH]c4cc3C(C)(C)O)n2)c(OC)cc1N(C)CCN(C)C. The van der Waals surface area contributed by atoms with Gasteiger partial charge in [-0.2, -0.15) is 4.98 Å². The minimum absolute atomic E-state index is 0.253. The number of carbonyl (C=O) groups excluding carboxylic acids is 1. The van der Waals surface area contributed by atoms with Crippen molar-refractivity contribution in [2.45, 2.75) is 19.4 Å². The minimum atomic E-state index is -1.11. The smallest absolute Gasteiger partial charge is 0.247 e. The number of amides is 1. The third-order valence-corrected chi connectivity index (χ3v) is 6.47. The van der Waals surface area contributed by atoms with Gasteiger partial charge in [0.05, 0.1) is 29.8 Å². The molecule has 0 atom stereocenters. The van der Waals surface area contributed by atoms with Crippen molar-refractivity contribution in [3.8, 4) is 5.75 Å². The summed E-state index contributed by atoms with van der Waals surface area (Å²) in [7, 11) is 7.53. The molecule has 0 bridgehead atoms. The van der Waals surface area contributed by atoms with Gasteiger partial charge >= 0.3 is 0 Å². The van der Waals surface area contributed by atoms with E-state index < -0.39 is 5.60 Å². The van der Waals surface area contributed by atoms with E-state index >= 15 is 0 Å². The summed E-state index contributed by atoms with van der Waals surface area (Å²) < 4.78 is 5.68. The van der Waals surface area contributed by atoms with Crippen molar-refractivity contribution < 1.29 is 14.6 Å². The molecule has 1 amide bonds. The molecule has 12 nitrogen and oxygen atoms in total. The van der Waals surface area contributed by atoms with Crippen LogP contribution in [0.15, 0.2) is 55.5 Å². The maximum Gasteiger partial charge on any atom is 0.247 e. The van der Waals surface area contributed by atoms with Gasteiger partial charge in [-0.05, 0) is 58.3 Å². The van der Waals surface area contributed by atoms with Crippen LogP contribution in [0.25, 0.3) is 10.9 Å². The van der Waals surface area contributed by atoms with Crippen molar-refractivity contribution in [2.24, 2.45) is 0 Å². The van der Waals surface area contributed by atoms with Gasteiger partial charge in [-0.1, -0.05) is 6.58 Å². The number of rotatable bonds is 12. The van der Waals surface area contributed by atoms with Gasteiger partial charge in [-0.15, -0.1) is 0 Å². The van der Waals surface area contributed by atoms with E-state index in [2.05, 4.69) is 47.4 Å². The van der Waals surface area contributed by atoms with Gasteiger partial charge in [-0.3, -0.25) is 4.79 Å². The predicted molar refractivity (Wildman–Crippen MR) is 164 cm³/mol. The molecule has 2 aromatic carbocycles. The van der Waals surface area contributed by atoms with E-state index in [-0.39, 0.29) is 17.8 Å². The second kappa shape index (κ2) is 12.2. The molecule has 4 rings (SSSR count). The Morgan fingerprint density at radius 3 is 2.41 bits per heavy atom. The number of nitrogens with one attached hydrogen (secondary N) is 4. The molecule has 2 aromatic heterocycles. The molecule has 0 saturated heterocycles. The second-order valence-electron chi connectivity index (χ2n) is 10.4. The number of hydrogen-bond donors (Lipinski definition) is 5. The predicted octanol–water partition coefficient (Wildman–Crippen LogP) is 4.20. The molecule has 4 aromatic rings. The van der Waals surface area contributed by atoms with Gasteiger partial charge in [0.1, 0.15) is 12.1 Å². The van der Waals surface area contributed by atoms with E-state index in [9.17, 15) is 9.90 Å². The van der Waals surface area contributed by atoms with Crippen molar-refractivity contribution >= 4 is 51.5 Å². The fourth-order valence-electron chi connectivity index (χ4n) is 4.27. The monoisotopic (exact) mass is 559 g/mol. The molecular formula is C29H37N9O3. The normalized spacial score (nSPS) is 11.4. The highest BCUT2D eigenvalue weighted by atomic mass is 16.5. The Balaban J connectivity index is 1.66. The van der Waals surface area contributed by atoms with Crippen LogP contribution in [-0.4, -0.2) is 77.2 Å². The summed E-state index contributed by atoms with van der Waals surface area (Å²) >= 11 is 0. The summed E-state index contributed by atoms with van der Waals surface area (Å²) in [5, 5.41) is 21.1. The number of nitrogens with zero attached hydrogens (tertiary/aromatic N) is 5. The summed E-state index contributed by atoms with van der Waals surface area (Å²) in [5.74, 6) is 0.729. The Hall–Kier alpha value is -4.68. The third kappa shape index (κ3) is 7.10. The average Bonchev–Trinajstić information content (AvgIpc) is 3.38. The first-order chi connectivity index (χ1) is 19.5. The van der Waals surface area contributed by atoms with Gasteiger partial charge in [0, 0.05) is 54.6 Å². The molecule has 0 aliphatic heterocycles. The Morgan fingerprint density at radius 2 is 1.78 bits per heavy atom. The fourth-order valence-corrected chi connectivity index (χ4v) is 4.27. The van der Waals surface area contributed by atoms with E-state index in [1.165, 1.54) is 12.4 Å². The summed E-state index contributed by atoms with van der Waals surface area (Å²) in [6.07, 6.45) is 4.45. The molecule has 0 unspecified atom stereocenters. The van der Waals surface area contributed by atoms with Crippen molar-refractivity contribution in [1.82, 2.24) is 24.8 Å². The molecule has 0 saturated carbocycles. The summed E-state index contributed by atoms with van der Waals surface area (Å²) in [6, 6.07) is 9.40. The quantitative estimate of drug-likeness (QED) is 0.160. The molecule has 0 aliphatic rings. The van der Waals surface area contributed by atoms with Crippen LogP contribution < -0.4 is 25.6 Å². The second-order valence-corrected chi connectivity index (χ2v) is 10.4. The van der Waals surface area contributed by atoms with Crippen molar-refractivity contribution in [3.63, 3.8) is 0 Å². The fraction of sp³-hybridized carbons (Fsp3) is 0.310. The van der Waals surface area contributed by atoms with Gasteiger partial charge in [0.25, 0.3) is 0 Å². The van der Waals surface area contributed by atoms with Crippen molar-refractivity contribution in [2.75, 3.05) is 62.2 Å². The lowest BCUT2D eigenvalue weighted by atomic mass is 9.95. The molecule has 41 heavy (non-hydrogen) atoms. The number of anilines is 6. The zero-order valence-corrected chi connectivity index (χ0v) is 24.2. The van der Waals surface area contributed by atoms with E-state index in [1.807, 2.05) is 56.5 Å². The summed E-state index contributed by atoms with van der Waals surface area (Å²) in [4.78, 5) is 32.6. The molecule has 216 valence electrons. The van der Waals surface area contributed by atoms with E-state index in [4.69, 9.17) is 4.74 Å². The lowest BCUT2D eigenvalue weighted by Gasteiger charge is -2.26. The Bertz CT molecular complexity index is 1540. The minimum Gasteiger partial charge on any atom is -0.494 e. The maximum atomic E-state index is 12.3. The summed E-state index contributed by atoms with van der Waals surface area (Å²) in [5.41, 5.74) is 3.03. The number of hydrogen-bond acceptors (Lipinski definition) is 10. The highest BCUT2D eigenvalue weighted by molar-refractivity contribution is 6.02. The Kier molecular flexibility index (Phi) is 8.74. The molecule has 0 aliphatic carbocycles. The third-order valence-electron chi connectivity index (χ3n) is 6.47. The van der Waals surface area contributed by atoms with Crippen LogP contribution in [-0.2, 0) is 10.4 Å². The number of aromatic amines is 1. The largest absolute Gasteiger partial charge is 0.494 e. The van der Waals surface area contributed by atoms with Gasteiger partial charge in [-0.25, -0.2) is 9.97 Å². The molecule has 12 heteroatoms. The highest BCUT2D eigenvalue weighted by Gasteiger charge is 2.22. The van der Waals surface area contributed by atoms with Crippen LogP contribution in [0.5, 0.6) is 5.75 Å². The van der Waals surface area contributed by atoms with Crippen molar-refractivity contribution in [3.05, 3.63) is 61.1 Å². The van der Waals surface area contributed by atoms with Crippen molar-refractivity contribution in [1.29, 1.82) is 0 Å². The van der Waals surface area contributed by atoms with E-state index in [0.29, 0.717) is 28.4 Å². The molecule has 0 spiro atoms. The summed E-state index contributed by atoms with van der Waals surface area (Å²) in [6.45, 7) is 8.56. The topological polar surface area (TPSA) is 144 Å². The lowest BCUT2D eigenvalue weighted by molar-refractivity contribution is -0.111. The Morgan fingerprint density at radius 1 is 1.07 bits per heavy atom. The molecule has 0 fully saturated rings. The maximum absolute atomic E-state index is 12.3. The van der Waals surface area contributed by atoms with Crippen LogP contribution >= 0.6 is 0 Å². The molecule has 5 N–H and O–H groups in total. The highest BCUT2D eigenvalue weighted by Crippen LogP contribution is 2.38. The average molecular weight is 560 g/mol. The van der Waals surface area contributed by atoms with Crippen LogP contribution in [0.1, 0.15) is 19.4 Å². The number of carbonyl (C=O) groups is 1. The number of ether oxygens (including phenoxy) is 1. The number of methoxy groups -OCH3 is 1. The number of fused-ring (bicyclic) bond motifs is 1. The zero-order valence-electron chi connectivity index (χ0n) is 24.2. The first-order valence-corrected chi connectivity index (χ1v) is 13.1. The zero-order chi connectivity index (χ0) is 29.7. The number of H-pyrrole nitrogens is 1. The number of benzene rings is 2. The first kappa shape index (κ1) is 29.3. The van der Waals surface area contributed by atoms with Crippen LogP contribution in [0, 0.1) is 0 Å². The number of aliphatic hydroxyl groups is 1. The van der Waals surface area contributed by atoms with Gasteiger partial charge in [0.15, 0.2) is 0 Å². The number of likely N-dealkylation sites (N-methyl/N-ethyl adjacent to an activating group) is 2. The van der Waals surface area contributed by atoms with Crippen LogP contribution in [0.2, 0.25) is 0 Å². The lowest BCUT2D eigenvalue weighted by Crippen LogP contribution is -2.29. The first-order valence-electron chi connectivity index (χ1n) is 13.1. The Labute approximate surface area is 239 Å².